The highest BCUT2D eigenvalue weighted by molar-refractivity contribution is 5.87. The Morgan fingerprint density at radius 3 is 1.81 bits per heavy atom. The third-order valence-electron chi connectivity index (χ3n) is 2.50. The summed E-state index contributed by atoms with van der Waals surface area (Å²) in [4.78, 5) is 21.8. The highest BCUT2D eigenvalue weighted by atomic mass is 16.2. The number of carbonyl (C=O) groups is 2. The maximum atomic E-state index is 11.0. The van der Waals surface area contributed by atoms with E-state index in [9.17, 15) is 9.59 Å². The summed E-state index contributed by atoms with van der Waals surface area (Å²) in [5, 5.41) is 11.4. The van der Waals surface area contributed by atoms with E-state index in [0.29, 0.717) is 19.8 Å². The first-order valence-electron chi connectivity index (χ1n) is 8.39. The summed E-state index contributed by atoms with van der Waals surface area (Å²) >= 11 is 0. The van der Waals surface area contributed by atoms with Crippen molar-refractivity contribution in [1.29, 1.82) is 0 Å². The highest BCUT2D eigenvalue weighted by Crippen LogP contribution is 1.78. The molecule has 6 nitrogen and oxygen atoms in total. The SMILES string of the molecule is C.C.CC/C=C/C(=O)NCNCC.CC/C=C/CNC(=O)CNCC.[B].[B]. The van der Waals surface area contributed by atoms with Crippen LogP contribution < -0.4 is 21.3 Å². The molecule has 156 valence electrons. The number of carbonyl (C=O) groups excluding carboxylic acids is 2. The number of hydrogen-bond donors (Lipinski definition) is 4. The molecule has 0 bridgehead atoms. The van der Waals surface area contributed by atoms with Gasteiger partial charge in [0.15, 0.2) is 0 Å². The van der Waals surface area contributed by atoms with Crippen molar-refractivity contribution in [3.8, 4) is 0 Å². The summed E-state index contributed by atoms with van der Waals surface area (Å²) in [6.07, 6.45) is 9.30. The Balaban J connectivity index is -0.0000000713. The number of likely N-dealkylation sites (N-methyl/N-ethyl adjacent to an activating group) is 1. The Bertz CT molecular complexity index is 353. The molecule has 6 radical (unpaired) electrons. The topological polar surface area (TPSA) is 82.3 Å². The molecule has 4 N–H and O–H groups in total. The molecule has 0 rings (SSSR count). The molecule has 0 fully saturated rings. The van der Waals surface area contributed by atoms with E-state index < -0.39 is 0 Å². The summed E-state index contributed by atoms with van der Waals surface area (Å²) in [6, 6.07) is 0. The molecule has 0 spiro atoms. The zero-order valence-electron chi connectivity index (χ0n) is 16.2. The average molecular weight is 380 g/mol. The summed E-state index contributed by atoms with van der Waals surface area (Å²) < 4.78 is 0. The van der Waals surface area contributed by atoms with Crippen LogP contribution in [-0.2, 0) is 9.59 Å². The first-order valence-corrected chi connectivity index (χ1v) is 8.39. The van der Waals surface area contributed by atoms with Crippen LogP contribution in [0.25, 0.3) is 0 Å². The first kappa shape index (κ1) is 40.2. The van der Waals surface area contributed by atoms with E-state index in [4.69, 9.17) is 0 Å². The first-order chi connectivity index (χ1) is 11.1. The van der Waals surface area contributed by atoms with Crippen molar-refractivity contribution in [3.63, 3.8) is 0 Å². The minimum absolute atomic E-state index is 0. The molecule has 0 aliphatic rings. The van der Waals surface area contributed by atoms with Crippen molar-refractivity contribution in [2.75, 3.05) is 32.8 Å². The molecule has 0 saturated heterocycles. The van der Waals surface area contributed by atoms with E-state index >= 15 is 0 Å². The van der Waals surface area contributed by atoms with Gasteiger partial charge in [-0.15, -0.1) is 0 Å². The maximum Gasteiger partial charge on any atom is 0.244 e. The maximum absolute atomic E-state index is 11.0. The van der Waals surface area contributed by atoms with Gasteiger partial charge in [0.05, 0.1) is 13.2 Å². The molecule has 0 saturated carbocycles. The smallest absolute Gasteiger partial charge is 0.244 e. The van der Waals surface area contributed by atoms with Crippen molar-refractivity contribution < 1.29 is 9.59 Å². The molecule has 0 aliphatic carbocycles. The van der Waals surface area contributed by atoms with Gasteiger partial charge in [0.2, 0.25) is 11.8 Å². The standard InChI is InChI=1S/C9H18N2O.C8H16N2O.2CH4.2B/c1-3-5-6-7-11-9(12)8-10-4-2;1-3-5-6-8(11)10-7-9-4-2;;;;/h5-6,10H,3-4,7-8H2,1-2H3,(H,11,12);5-6,9H,3-4,7H2,1-2H3,(H,10,11);2*1H4;;/b2*6-5+;;;;. The molecule has 0 heterocycles. The van der Waals surface area contributed by atoms with E-state index in [0.717, 1.165) is 25.9 Å². The monoisotopic (exact) mass is 380 g/mol. The number of allylic oxidation sites excluding steroid dienone is 2. The van der Waals surface area contributed by atoms with Gasteiger partial charge in [-0.25, -0.2) is 0 Å². The van der Waals surface area contributed by atoms with E-state index in [1.807, 2.05) is 39.0 Å². The quantitative estimate of drug-likeness (QED) is 0.145. The fraction of sp³-hybridized carbons (Fsp3) is 0.684. The van der Waals surface area contributed by atoms with Crippen molar-refractivity contribution in [1.82, 2.24) is 21.3 Å². The highest BCUT2D eigenvalue weighted by Gasteiger charge is 1.95. The average Bonchev–Trinajstić information content (AvgIpc) is 2.56. The Labute approximate surface area is 172 Å². The van der Waals surface area contributed by atoms with Crippen molar-refractivity contribution in [2.24, 2.45) is 0 Å². The number of amides is 2. The third-order valence-corrected chi connectivity index (χ3v) is 2.50. The van der Waals surface area contributed by atoms with Crippen LogP contribution in [0.4, 0.5) is 0 Å². The predicted octanol–water partition coefficient (Wildman–Crippen LogP) is 1.82. The minimum atomic E-state index is -0.0344. The van der Waals surface area contributed by atoms with E-state index in [1.54, 1.807) is 6.08 Å². The number of nitrogens with one attached hydrogen (secondary N) is 4. The lowest BCUT2D eigenvalue weighted by molar-refractivity contribution is -0.120. The Morgan fingerprint density at radius 2 is 1.33 bits per heavy atom. The van der Waals surface area contributed by atoms with Crippen LogP contribution in [0.1, 0.15) is 55.4 Å². The van der Waals surface area contributed by atoms with Gasteiger partial charge in [-0.2, -0.15) is 0 Å². The van der Waals surface area contributed by atoms with E-state index in [-0.39, 0.29) is 43.5 Å². The lowest BCUT2D eigenvalue weighted by atomic mass is 10.4. The van der Waals surface area contributed by atoms with Gasteiger partial charge < -0.3 is 21.3 Å². The molecule has 0 unspecified atom stereocenters. The summed E-state index contributed by atoms with van der Waals surface area (Å²) in [5.41, 5.74) is 0. The normalized spacial score (nSPS) is 8.89. The molecular weight excluding hydrogens is 338 g/mol. The van der Waals surface area contributed by atoms with Crippen LogP contribution in [0.3, 0.4) is 0 Å². The Morgan fingerprint density at radius 1 is 0.778 bits per heavy atom. The zero-order valence-corrected chi connectivity index (χ0v) is 16.2. The fourth-order valence-corrected chi connectivity index (χ4v) is 1.28. The van der Waals surface area contributed by atoms with Crippen LogP contribution >= 0.6 is 0 Å². The van der Waals surface area contributed by atoms with Gasteiger partial charge in [-0.05, 0) is 32.0 Å². The summed E-state index contributed by atoms with van der Waals surface area (Å²) in [7, 11) is 0. The minimum Gasteiger partial charge on any atom is -0.352 e. The predicted molar refractivity (Wildman–Crippen MR) is 122 cm³/mol. The van der Waals surface area contributed by atoms with E-state index in [1.165, 1.54) is 0 Å². The van der Waals surface area contributed by atoms with Crippen LogP contribution in [0.5, 0.6) is 0 Å². The lowest BCUT2D eigenvalue weighted by Crippen LogP contribution is -2.33. The van der Waals surface area contributed by atoms with Crippen molar-refractivity contribution >= 4 is 28.6 Å². The summed E-state index contributed by atoms with van der Waals surface area (Å²) in [6.45, 7) is 11.3. The van der Waals surface area contributed by atoms with Gasteiger partial charge in [-0.1, -0.05) is 60.8 Å². The van der Waals surface area contributed by atoms with E-state index in [2.05, 4.69) is 28.2 Å². The van der Waals surface area contributed by atoms with Crippen LogP contribution in [0.2, 0.25) is 0 Å². The van der Waals surface area contributed by atoms with Gasteiger partial charge in [0.25, 0.3) is 0 Å². The molecule has 2 amide bonds. The molecule has 0 aromatic rings. The molecule has 0 aromatic heterocycles. The lowest BCUT2D eigenvalue weighted by Gasteiger charge is -2.01. The molecule has 27 heavy (non-hydrogen) atoms. The largest absolute Gasteiger partial charge is 0.352 e. The van der Waals surface area contributed by atoms with Crippen molar-refractivity contribution in [2.45, 2.75) is 55.4 Å². The van der Waals surface area contributed by atoms with Crippen LogP contribution in [0, 0.1) is 0 Å². The molecular formula is C19H42B2N4O2. The van der Waals surface area contributed by atoms with Gasteiger partial charge in [0, 0.05) is 23.4 Å². The van der Waals surface area contributed by atoms with Gasteiger partial charge in [-0.3, -0.25) is 9.59 Å². The van der Waals surface area contributed by atoms with Gasteiger partial charge in [0.1, 0.15) is 0 Å². The Hall–Kier alpha value is -1.53. The second-order valence-electron chi connectivity index (χ2n) is 4.60. The number of rotatable bonds is 11. The third kappa shape index (κ3) is 40.5. The summed E-state index contributed by atoms with van der Waals surface area (Å²) in [5.74, 6) is 0.0189. The van der Waals surface area contributed by atoms with Crippen LogP contribution in [-0.4, -0.2) is 61.5 Å². The molecule has 0 aliphatic heterocycles. The Kier molecular flexibility index (Phi) is 53.0. The second-order valence-corrected chi connectivity index (χ2v) is 4.60. The van der Waals surface area contributed by atoms with Crippen LogP contribution in [0.15, 0.2) is 24.3 Å². The van der Waals surface area contributed by atoms with Crippen molar-refractivity contribution in [3.05, 3.63) is 24.3 Å². The molecule has 8 heteroatoms. The number of hydrogen-bond acceptors (Lipinski definition) is 4. The van der Waals surface area contributed by atoms with Gasteiger partial charge >= 0.3 is 0 Å². The fourth-order valence-electron chi connectivity index (χ4n) is 1.28. The molecule has 0 atom stereocenters. The zero-order chi connectivity index (χ0) is 17.8. The second kappa shape index (κ2) is 35.6. The molecule has 0 aromatic carbocycles.